The van der Waals surface area contributed by atoms with E-state index in [1.54, 1.807) is 0 Å². The largest absolute Gasteiger partial charge is 0.453 e. The molecule has 0 radical (unpaired) electrons. The van der Waals surface area contributed by atoms with E-state index in [1.807, 2.05) is 48.5 Å². The Bertz CT molecular complexity index is 554. The molecule has 0 saturated heterocycles. The fourth-order valence-electron chi connectivity index (χ4n) is 1.46. The molecule has 2 aromatic carbocycles. The van der Waals surface area contributed by atoms with Crippen LogP contribution < -0.4 is 4.74 Å². The second kappa shape index (κ2) is 3.90. The van der Waals surface area contributed by atoms with Crippen molar-refractivity contribution in [2.24, 2.45) is 8.73 Å². The summed E-state index contributed by atoms with van der Waals surface area (Å²) in [6, 6.07) is 15.3. The minimum absolute atomic E-state index is 0.761. The normalized spacial score (nSPS) is 12.5. The van der Waals surface area contributed by atoms with Gasteiger partial charge in [-0.05, 0) is 24.3 Å². The van der Waals surface area contributed by atoms with Gasteiger partial charge in [-0.2, -0.15) is 8.73 Å². The summed E-state index contributed by atoms with van der Waals surface area (Å²) in [4.78, 5) is 0. The summed E-state index contributed by atoms with van der Waals surface area (Å²) < 4.78 is 14.3. The molecule has 0 atom stereocenters. The highest BCUT2D eigenvalue weighted by molar-refractivity contribution is 7.57. The van der Waals surface area contributed by atoms with E-state index in [0.29, 0.717) is 0 Å². The molecule has 1 aliphatic rings. The monoisotopic (exact) mass is 228 g/mol. The zero-order chi connectivity index (χ0) is 10.8. The first-order valence-electron chi connectivity index (χ1n) is 4.88. The third kappa shape index (κ3) is 1.63. The summed E-state index contributed by atoms with van der Waals surface area (Å²) >= 11 is 1.18. The highest BCUT2D eigenvalue weighted by Gasteiger charge is 2.08. The minimum Gasteiger partial charge on any atom is -0.453 e. The molecular weight excluding hydrogens is 220 g/mol. The molecule has 1 heterocycles. The number of fused-ring (bicyclic) bond motifs is 2. The van der Waals surface area contributed by atoms with Crippen LogP contribution in [0.1, 0.15) is 0 Å². The van der Waals surface area contributed by atoms with E-state index in [2.05, 4.69) is 8.73 Å². The zero-order valence-electron chi connectivity index (χ0n) is 8.33. The lowest BCUT2D eigenvalue weighted by Crippen LogP contribution is -1.86. The lowest BCUT2D eigenvalue weighted by atomic mass is 10.3. The molecule has 0 unspecified atom stereocenters. The van der Waals surface area contributed by atoms with Crippen LogP contribution in [-0.4, -0.2) is 0 Å². The third-order valence-corrected chi connectivity index (χ3v) is 2.79. The Hall–Kier alpha value is -1.94. The smallest absolute Gasteiger partial charge is 0.154 e. The molecule has 0 bridgehead atoms. The van der Waals surface area contributed by atoms with Crippen molar-refractivity contribution in [3.8, 4) is 11.5 Å². The Labute approximate surface area is 96.6 Å². The first-order chi connectivity index (χ1) is 7.93. The second-order valence-electron chi connectivity index (χ2n) is 3.30. The molecule has 3 rings (SSSR count). The molecule has 0 aliphatic carbocycles. The maximum atomic E-state index is 5.78. The summed E-state index contributed by atoms with van der Waals surface area (Å²) in [6.45, 7) is 0. The summed E-state index contributed by atoms with van der Waals surface area (Å²) in [6.07, 6.45) is 0. The van der Waals surface area contributed by atoms with Gasteiger partial charge in [0.15, 0.2) is 11.5 Å². The Morgan fingerprint density at radius 1 is 0.750 bits per heavy atom. The number of hydrogen-bond acceptors (Lipinski definition) is 3. The Kier molecular flexibility index (Phi) is 2.27. The van der Waals surface area contributed by atoms with Crippen molar-refractivity contribution in [3.63, 3.8) is 0 Å². The first kappa shape index (κ1) is 9.30. The second-order valence-corrected chi connectivity index (χ2v) is 3.83. The molecule has 4 heteroatoms. The quantitative estimate of drug-likeness (QED) is 0.567. The van der Waals surface area contributed by atoms with Crippen LogP contribution in [0.4, 0.5) is 11.4 Å². The Morgan fingerprint density at radius 3 is 1.81 bits per heavy atom. The minimum atomic E-state index is 0.761. The topological polar surface area (TPSA) is 34.0 Å². The fraction of sp³-hybridized carbons (Fsp3) is 0. The standard InChI is InChI=1S/C12H8N2OS/c1-3-7-11-9(5-1)13-16-14-10-6-2-4-8-12(10)15-11/h1-8H. The van der Waals surface area contributed by atoms with Crippen molar-refractivity contribution in [2.75, 3.05) is 0 Å². The van der Waals surface area contributed by atoms with Crippen LogP contribution in [0, 0.1) is 0 Å². The van der Waals surface area contributed by atoms with Crippen molar-refractivity contribution in [2.45, 2.75) is 0 Å². The van der Waals surface area contributed by atoms with Gasteiger partial charge in [0, 0.05) is 0 Å². The lowest BCUT2D eigenvalue weighted by Gasteiger charge is -2.10. The van der Waals surface area contributed by atoms with E-state index < -0.39 is 0 Å². The van der Waals surface area contributed by atoms with Crippen LogP contribution in [0.5, 0.6) is 11.5 Å². The molecular formula is C12H8N2OS. The van der Waals surface area contributed by atoms with Gasteiger partial charge in [0.2, 0.25) is 0 Å². The van der Waals surface area contributed by atoms with E-state index in [-0.39, 0.29) is 0 Å². The highest BCUT2D eigenvalue weighted by Crippen LogP contribution is 2.37. The highest BCUT2D eigenvalue weighted by atomic mass is 32.1. The van der Waals surface area contributed by atoms with Crippen molar-refractivity contribution in [1.82, 2.24) is 0 Å². The number of hydrogen-bond donors (Lipinski definition) is 0. The van der Waals surface area contributed by atoms with Crippen molar-refractivity contribution >= 4 is 22.7 Å². The van der Waals surface area contributed by atoms with Gasteiger partial charge in [-0.15, -0.1) is 0 Å². The van der Waals surface area contributed by atoms with Crippen LogP contribution in [-0.2, 0) is 11.4 Å². The van der Waals surface area contributed by atoms with Gasteiger partial charge in [0.25, 0.3) is 0 Å². The Balaban J connectivity index is 2.22. The van der Waals surface area contributed by atoms with E-state index >= 15 is 0 Å². The van der Waals surface area contributed by atoms with Gasteiger partial charge < -0.3 is 4.74 Å². The van der Waals surface area contributed by atoms with Crippen LogP contribution in [0.15, 0.2) is 57.3 Å². The third-order valence-electron chi connectivity index (χ3n) is 2.23. The molecule has 0 saturated carbocycles. The van der Waals surface area contributed by atoms with Crippen molar-refractivity contribution in [1.29, 1.82) is 0 Å². The van der Waals surface area contributed by atoms with Crippen LogP contribution in [0.2, 0.25) is 0 Å². The molecule has 0 N–H and O–H groups in total. The van der Waals surface area contributed by atoms with Crippen molar-refractivity contribution < 1.29 is 4.74 Å². The summed E-state index contributed by atoms with van der Waals surface area (Å²) in [5.41, 5.74) is 1.62. The van der Waals surface area contributed by atoms with Gasteiger partial charge in [0.05, 0.1) is 11.4 Å². The number of nitrogens with zero attached hydrogens (tertiary/aromatic N) is 2. The Morgan fingerprint density at radius 2 is 1.25 bits per heavy atom. The summed E-state index contributed by atoms with van der Waals surface area (Å²) in [5.74, 6) is 1.52. The van der Waals surface area contributed by atoms with Crippen LogP contribution >= 0.6 is 0 Å². The van der Waals surface area contributed by atoms with Gasteiger partial charge in [-0.25, -0.2) is 0 Å². The molecule has 0 spiro atoms. The molecule has 1 aliphatic heterocycles. The molecule has 0 fully saturated rings. The maximum Gasteiger partial charge on any atom is 0.154 e. The fourth-order valence-corrected chi connectivity index (χ4v) is 1.98. The van der Waals surface area contributed by atoms with Crippen LogP contribution in [0.3, 0.4) is 0 Å². The molecule has 0 amide bonds. The number of benzene rings is 2. The first-order valence-corrected chi connectivity index (χ1v) is 5.61. The van der Waals surface area contributed by atoms with E-state index in [4.69, 9.17) is 4.74 Å². The van der Waals surface area contributed by atoms with E-state index in [0.717, 1.165) is 22.9 Å². The molecule has 16 heavy (non-hydrogen) atoms. The van der Waals surface area contributed by atoms with E-state index in [9.17, 15) is 0 Å². The zero-order valence-corrected chi connectivity index (χ0v) is 9.15. The maximum absolute atomic E-state index is 5.78. The average molecular weight is 228 g/mol. The average Bonchev–Trinajstić information content (AvgIpc) is 2.29. The number of rotatable bonds is 0. The van der Waals surface area contributed by atoms with E-state index in [1.165, 1.54) is 11.4 Å². The predicted octanol–water partition coefficient (Wildman–Crippen LogP) is 4.21. The predicted molar refractivity (Wildman–Crippen MR) is 64.5 cm³/mol. The molecule has 3 nitrogen and oxygen atoms in total. The van der Waals surface area contributed by atoms with Gasteiger partial charge >= 0.3 is 0 Å². The van der Waals surface area contributed by atoms with Crippen LogP contribution in [0.25, 0.3) is 0 Å². The van der Waals surface area contributed by atoms with Gasteiger partial charge in [-0.3, -0.25) is 0 Å². The summed E-state index contributed by atoms with van der Waals surface area (Å²) in [5, 5.41) is 0. The summed E-state index contributed by atoms with van der Waals surface area (Å²) in [7, 11) is 0. The number of para-hydroxylation sites is 2. The molecule has 0 aromatic heterocycles. The van der Waals surface area contributed by atoms with Gasteiger partial charge in [-0.1, -0.05) is 24.3 Å². The van der Waals surface area contributed by atoms with Gasteiger partial charge in [0.1, 0.15) is 11.4 Å². The molecule has 78 valence electrons. The molecule has 2 aromatic rings. The number of ether oxygens (including phenoxy) is 1. The SMILES string of the molecule is c1ccc2c(c1)N=S=Nc1ccccc1O2. The lowest BCUT2D eigenvalue weighted by molar-refractivity contribution is 0.485. The van der Waals surface area contributed by atoms with Crippen molar-refractivity contribution in [3.05, 3.63) is 48.5 Å².